The van der Waals surface area contributed by atoms with Gasteiger partial charge in [0.2, 0.25) is 5.91 Å². The third kappa shape index (κ3) is 4.57. The van der Waals surface area contributed by atoms with E-state index in [-0.39, 0.29) is 25.0 Å². The molecule has 8 heteroatoms. The molecule has 1 aromatic carbocycles. The lowest BCUT2D eigenvalue weighted by molar-refractivity contribution is -0.139. The van der Waals surface area contributed by atoms with Crippen molar-refractivity contribution in [1.29, 1.82) is 0 Å². The molecule has 0 spiro atoms. The van der Waals surface area contributed by atoms with Crippen molar-refractivity contribution in [3.8, 4) is 0 Å². The number of carbonyl (C=O) groups excluding carboxylic acids is 2. The number of ether oxygens (including phenoxy) is 1. The van der Waals surface area contributed by atoms with Crippen molar-refractivity contribution in [2.24, 2.45) is 4.99 Å². The highest BCUT2D eigenvalue weighted by atomic mass is 35.5. The molecule has 2 aliphatic rings. The second-order valence-electron chi connectivity index (χ2n) is 7.19. The van der Waals surface area contributed by atoms with Crippen LogP contribution >= 0.6 is 23.4 Å². The Morgan fingerprint density at radius 3 is 2.73 bits per heavy atom. The molecule has 0 fully saturated rings. The van der Waals surface area contributed by atoms with E-state index in [1.807, 2.05) is 42.4 Å². The molecule has 3 rings (SSSR count). The molecular formula is C22H26ClN3O3S. The maximum atomic E-state index is 12.9. The predicted octanol–water partition coefficient (Wildman–Crippen LogP) is 4.78. The van der Waals surface area contributed by atoms with E-state index in [1.54, 1.807) is 19.9 Å². The lowest BCUT2D eigenvalue weighted by Crippen LogP contribution is -2.39. The number of esters is 1. The number of allylic oxidation sites excluding steroid dienone is 1. The van der Waals surface area contributed by atoms with Crippen LogP contribution in [0.2, 0.25) is 5.02 Å². The summed E-state index contributed by atoms with van der Waals surface area (Å²) in [4.78, 5) is 32.0. The van der Waals surface area contributed by atoms with Gasteiger partial charge in [-0.05, 0) is 44.2 Å². The van der Waals surface area contributed by atoms with Crippen LogP contribution in [-0.2, 0) is 14.3 Å². The number of halogens is 1. The number of amides is 1. The van der Waals surface area contributed by atoms with E-state index < -0.39 is 12.0 Å². The predicted molar refractivity (Wildman–Crippen MR) is 121 cm³/mol. The number of thioether (sulfide) groups is 1. The molecular weight excluding hydrogens is 422 g/mol. The summed E-state index contributed by atoms with van der Waals surface area (Å²) in [6.45, 7) is 7.83. The minimum absolute atomic E-state index is 0.0701. The quantitative estimate of drug-likeness (QED) is 0.609. The number of aliphatic imine (C=N–C) groups is 1. The van der Waals surface area contributed by atoms with Crippen molar-refractivity contribution in [3.63, 3.8) is 0 Å². The van der Waals surface area contributed by atoms with Crippen LogP contribution in [0.4, 0.5) is 0 Å². The highest BCUT2D eigenvalue weighted by Crippen LogP contribution is 2.46. The number of hydrogen-bond donors (Lipinski definition) is 1. The van der Waals surface area contributed by atoms with E-state index in [1.165, 1.54) is 11.8 Å². The molecule has 1 amide bonds. The Morgan fingerprint density at radius 1 is 1.33 bits per heavy atom. The normalized spacial score (nSPS) is 19.1. The van der Waals surface area contributed by atoms with Gasteiger partial charge in [-0.3, -0.25) is 4.79 Å². The molecule has 2 unspecified atom stereocenters. The van der Waals surface area contributed by atoms with Gasteiger partial charge in [0, 0.05) is 16.8 Å². The van der Waals surface area contributed by atoms with Crippen LogP contribution in [0, 0.1) is 0 Å². The monoisotopic (exact) mass is 447 g/mol. The molecule has 2 aliphatic heterocycles. The van der Waals surface area contributed by atoms with Crippen molar-refractivity contribution in [2.75, 3.05) is 6.61 Å². The Morgan fingerprint density at radius 2 is 2.07 bits per heavy atom. The zero-order valence-corrected chi connectivity index (χ0v) is 19.1. The summed E-state index contributed by atoms with van der Waals surface area (Å²) in [7, 11) is 0. The smallest absolute Gasteiger partial charge is 0.338 e. The van der Waals surface area contributed by atoms with Gasteiger partial charge in [0.25, 0.3) is 0 Å². The second-order valence-corrected chi connectivity index (χ2v) is 8.43. The number of nitrogens with one attached hydrogen (secondary N) is 1. The number of fused-ring (bicyclic) bond motifs is 1. The fraction of sp³-hybridized carbons (Fsp3) is 0.409. The molecule has 0 radical (unpaired) electrons. The second kappa shape index (κ2) is 9.71. The van der Waals surface area contributed by atoms with Crippen LogP contribution in [0.25, 0.3) is 0 Å². The Balaban J connectivity index is 2.02. The van der Waals surface area contributed by atoms with Crippen molar-refractivity contribution in [2.45, 2.75) is 52.6 Å². The molecule has 6 nitrogen and oxygen atoms in total. The highest BCUT2D eigenvalue weighted by Gasteiger charge is 2.41. The van der Waals surface area contributed by atoms with E-state index in [2.05, 4.69) is 10.3 Å². The number of rotatable bonds is 7. The number of carbonyl (C=O) groups is 2. The van der Waals surface area contributed by atoms with Crippen LogP contribution in [-0.4, -0.2) is 34.6 Å². The Hall–Kier alpha value is -2.25. The highest BCUT2D eigenvalue weighted by molar-refractivity contribution is 8.16. The number of hydrogen-bond acceptors (Lipinski definition) is 6. The van der Waals surface area contributed by atoms with Gasteiger partial charge >= 0.3 is 5.97 Å². The van der Waals surface area contributed by atoms with Gasteiger partial charge in [-0.25, -0.2) is 9.79 Å². The van der Waals surface area contributed by atoms with Gasteiger partial charge in [-0.2, -0.15) is 0 Å². The summed E-state index contributed by atoms with van der Waals surface area (Å²) in [5.74, 6) is -0.498. The summed E-state index contributed by atoms with van der Waals surface area (Å²) in [6, 6.07) is 7.00. The lowest BCUT2D eigenvalue weighted by Gasteiger charge is -2.36. The maximum absolute atomic E-state index is 12.9. The van der Waals surface area contributed by atoms with Crippen LogP contribution in [0.15, 0.2) is 51.6 Å². The molecule has 0 saturated heterocycles. The SMILES string of the molecule is CCOC(=O)C1=C(C)N=C2SC=C(CC(=O)NC(C)CC)N2C1c1ccccc1Cl. The van der Waals surface area contributed by atoms with Crippen LogP contribution in [0.3, 0.4) is 0 Å². The van der Waals surface area contributed by atoms with E-state index >= 15 is 0 Å². The summed E-state index contributed by atoms with van der Waals surface area (Å²) in [6.07, 6.45) is 1.04. The van der Waals surface area contributed by atoms with Crippen LogP contribution < -0.4 is 5.32 Å². The average molecular weight is 448 g/mol. The Bertz CT molecular complexity index is 941. The largest absolute Gasteiger partial charge is 0.463 e. The number of amidine groups is 1. The first-order valence-electron chi connectivity index (χ1n) is 10.0. The fourth-order valence-corrected chi connectivity index (χ4v) is 4.63. The van der Waals surface area contributed by atoms with Crippen molar-refractivity contribution in [1.82, 2.24) is 10.2 Å². The third-order valence-electron chi connectivity index (χ3n) is 5.06. The molecule has 160 valence electrons. The lowest BCUT2D eigenvalue weighted by atomic mass is 9.93. The topological polar surface area (TPSA) is 71.0 Å². The molecule has 0 bridgehead atoms. The molecule has 0 saturated carbocycles. The Labute approximate surface area is 186 Å². The summed E-state index contributed by atoms with van der Waals surface area (Å²) < 4.78 is 5.33. The summed E-state index contributed by atoms with van der Waals surface area (Å²) in [5, 5.41) is 6.17. The van der Waals surface area contributed by atoms with E-state index in [4.69, 9.17) is 16.3 Å². The molecule has 0 aromatic heterocycles. The zero-order valence-electron chi connectivity index (χ0n) is 17.6. The van der Waals surface area contributed by atoms with Gasteiger partial charge in [-0.15, -0.1) is 0 Å². The average Bonchev–Trinajstić information content (AvgIpc) is 3.09. The van der Waals surface area contributed by atoms with Crippen LogP contribution in [0.1, 0.15) is 52.1 Å². The van der Waals surface area contributed by atoms with Gasteiger partial charge in [0.05, 0.1) is 30.3 Å². The molecule has 1 N–H and O–H groups in total. The summed E-state index contributed by atoms with van der Waals surface area (Å²) in [5.41, 5.74) is 2.57. The Kier molecular flexibility index (Phi) is 7.26. The molecule has 2 atom stereocenters. The van der Waals surface area contributed by atoms with Crippen molar-refractivity contribution in [3.05, 3.63) is 57.2 Å². The van der Waals surface area contributed by atoms with E-state index in [0.717, 1.165) is 22.8 Å². The molecule has 2 heterocycles. The van der Waals surface area contributed by atoms with Crippen molar-refractivity contribution < 1.29 is 14.3 Å². The fourth-order valence-electron chi connectivity index (χ4n) is 3.42. The van der Waals surface area contributed by atoms with E-state index in [0.29, 0.717) is 16.3 Å². The minimum Gasteiger partial charge on any atom is -0.463 e. The zero-order chi connectivity index (χ0) is 21.8. The van der Waals surface area contributed by atoms with Gasteiger partial charge in [0.15, 0.2) is 5.17 Å². The molecule has 1 aromatic rings. The molecule has 0 aliphatic carbocycles. The van der Waals surface area contributed by atoms with Crippen LogP contribution in [0.5, 0.6) is 0 Å². The van der Waals surface area contributed by atoms with Crippen molar-refractivity contribution >= 4 is 40.4 Å². The summed E-state index contributed by atoms with van der Waals surface area (Å²) >= 11 is 7.98. The maximum Gasteiger partial charge on any atom is 0.338 e. The number of nitrogens with zero attached hydrogens (tertiary/aromatic N) is 2. The third-order valence-corrected chi connectivity index (χ3v) is 6.29. The minimum atomic E-state index is -0.511. The standard InChI is InChI=1S/C22H26ClN3O3S/c1-5-13(3)24-18(27)11-15-12-30-22-25-14(4)19(21(28)29-6-2)20(26(15)22)16-9-7-8-10-17(16)23/h7-10,12-13,20H,5-6,11H2,1-4H3,(H,24,27). The van der Waals surface area contributed by atoms with Gasteiger partial charge in [-0.1, -0.05) is 48.5 Å². The van der Waals surface area contributed by atoms with Gasteiger partial charge in [0.1, 0.15) is 0 Å². The van der Waals surface area contributed by atoms with Gasteiger partial charge < -0.3 is 15.0 Å². The molecule has 30 heavy (non-hydrogen) atoms. The first-order chi connectivity index (χ1) is 14.4. The first kappa shape index (κ1) is 22.4. The number of benzene rings is 1. The van der Waals surface area contributed by atoms with E-state index in [9.17, 15) is 9.59 Å². The first-order valence-corrected chi connectivity index (χ1v) is 11.3.